The third kappa shape index (κ3) is 9.99. The van der Waals surface area contributed by atoms with Crippen LogP contribution in [0, 0.1) is 23.7 Å². The van der Waals surface area contributed by atoms with Gasteiger partial charge in [0.1, 0.15) is 0 Å². The second-order valence-electron chi connectivity index (χ2n) is 2.53. The number of allylic oxidation sites excluding steroid dienone is 3. The van der Waals surface area contributed by atoms with Gasteiger partial charge >= 0.3 is 5.97 Å². The van der Waals surface area contributed by atoms with Gasteiger partial charge in [-0.3, -0.25) is 0 Å². The number of hydrogen-bond acceptors (Lipinski definition) is 2. The van der Waals surface area contributed by atoms with Crippen molar-refractivity contribution < 1.29 is 9.53 Å². The molecule has 0 spiro atoms. The molecule has 0 heterocycles. The Hall–Kier alpha value is -1.93. The number of carbonyl (C=O) groups is 1. The van der Waals surface area contributed by atoms with Gasteiger partial charge in [-0.2, -0.15) is 0 Å². The molecule has 0 aliphatic rings. The minimum Gasteiger partial charge on any atom is -0.466 e. The lowest BCUT2D eigenvalue weighted by molar-refractivity contribution is -0.134. The van der Waals surface area contributed by atoms with Crippen LogP contribution in [0.4, 0.5) is 0 Å². The summed E-state index contributed by atoms with van der Waals surface area (Å²) in [6, 6.07) is 0. The van der Waals surface area contributed by atoms with Crippen LogP contribution in [0.5, 0.6) is 0 Å². The molecule has 0 aromatic heterocycles. The first-order valence-electron chi connectivity index (χ1n) is 4.62. The van der Waals surface area contributed by atoms with E-state index in [9.17, 15) is 4.79 Å². The molecule has 0 radical (unpaired) electrons. The van der Waals surface area contributed by atoms with Gasteiger partial charge in [0.15, 0.2) is 0 Å². The minimum absolute atomic E-state index is 0.349. The largest absolute Gasteiger partial charge is 0.466 e. The van der Waals surface area contributed by atoms with Gasteiger partial charge in [-0.15, -0.1) is 0 Å². The fraction of sp³-hybridized carbons (Fsp3) is 0.308. The summed E-state index contributed by atoms with van der Waals surface area (Å²) in [7, 11) is 1.35. The molecule has 0 aromatic carbocycles. The summed E-state index contributed by atoms with van der Waals surface area (Å²) >= 11 is 0. The Balaban J connectivity index is 3.64. The van der Waals surface area contributed by atoms with Crippen LogP contribution < -0.4 is 0 Å². The van der Waals surface area contributed by atoms with E-state index in [1.54, 1.807) is 19.1 Å². The highest BCUT2D eigenvalue weighted by Crippen LogP contribution is 1.89. The van der Waals surface area contributed by atoms with Gasteiger partial charge in [-0.05, 0) is 25.2 Å². The summed E-state index contributed by atoms with van der Waals surface area (Å²) in [4.78, 5) is 10.6. The third-order valence-electron chi connectivity index (χ3n) is 1.39. The van der Waals surface area contributed by atoms with E-state index in [1.165, 1.54) is 13.2 Å². The van der Waals surface area contributed by atoms with Gasteiger partial charge in [-0.1, -0.05) is 30.1 Å². The van der Waals surface area contributed by atoms with Gasteiger partial charge in [0.2, 0.25) is 0 Å². The van der Waals surface area contributed by atoms with E-state index in [0.717, 1.165) is 12.8 Å². The maximum atomic E-state index is 10.6. The lowest BCUT2D eigenvalue weighted by Gasteiger charge is -1.86. The molecular formula is C13H14O2. The number of ether oxygens (including phenoxy) is 1. The molecule has 0 aromatic rings. The Morgan fingerprint density at radius 1 is 1.33 bits per heavy atom. The van der Waals surface area contributed by atoms with Crippen molar-refractivity contribution in [1.29, 1.82) is 0 Å². The summed E-state index contributed by atoms with van der Waals surface area (Å²) < 4.78 is 4.43. The number of carbonyl (C=O) groups excluding carboxylic acids is 1. The highest BCUT2D eigenvalue weighted by atomic mass is 16.5. The monoisotopic (exact) mass is 202 g/mol. The first-order chi connectivity index (χ1) is 7.31. The third-order valence-corrected chi connectivity index (χ3v) is 1.39. The van der Waals surface area contributed by atoms with Crippen LogP contribution in [-0.2, 0) is 9.53 Å². The highest BCUT2D eigenvalue weighted by Gasteiger charge is 1.85. The van der Waals surface area contributed by atoms with Gasteiger partial charge in [0.25, 0.3) is 0 Å². The fourth-order valence-electron chi connectivity index (χ4n) is 0.702. The highest BCUT2D eigenvalue weighted by molar-refractivity contribution is 5.82. The van der Waals surface area contributed by atoms with Crippen LogP contribution in [0.1, 0.15) is 19.8 Å². The van der Waals surface area contributed by atoms with Crippen LogP contribution in [0.25, 0.3) is 0 Å². The standard InChI is InChI=1S/C13H14O2/c1-3-4-5-6-7-8-9-10-11-12-13(14)15-2/h9-12H,7-8H2,1-2H3/b10-9+,12-11+. The molecule has 2 nitrogen and oxygen atoms in total. The number of unbranched alkanes of at least 4 members (excludes halogenated alkanes) is 1. The zero-order valence-corrected chi connectivity index (χ0v) is 9.04. The minimum atomic E-state index is -0.349. The van der Waals surface area contributed by atoms with E-state index in [4.69, 9.17) is 0 Å². The predicted molar refractivity (Wildman–Crippen MR) is 60.8 cm³/mol. The van der Waals surface area contributed by atoms with Crippen molar-refractivity contribution in [2.75, 3.05) is 7.11 Å². The van der Waals surface area contributed by atoms with Gasteiger partial charge in [0, 0.05) is 12.5 Å². The molecule has 0 unspecified atom stereocenters. The van der Waals surface area contributed by atoms with Crippen LogP contribution >= 0.6 is 0 Å². The molecule has 0 N–H and O–H groups in total. The lowest BCUT2D eigenvalue weighted by atomic mass is 10.3. The average molecular weight is 202 g/mol. The maximum Gasteiger partial charge on any atom is 0.330 e. The Bertz CT molecular complexity index is 353. The van der Waals surface area contributed by atoms with Crippen molar-refractivity contribution in [3.63, 3.8) is 0 Å². The first kappa shape index (κ1) is 13.1. The number of rotatable bonds is 4. The second kappa shape index (κ2) is 10.2. The van der Waals surface area contributed by atoms with Crippen LogP contribution in [0.15, 0.2) is 24.3 Å². The van der Waals surface area contributed by atoms with Crippen molar-refractivity contribution in [2.24, 2.45) is 0 Å². The molecular weight excluding hydrogens is 188 g/mol. The summed E-state index contributed by atoms with van der Waals surface area (Å²) in [6.45, 7) is 1.76. The maximum absolute atomic E-state index is 10.6. The van der Waals surface area contributed by atoms with E-state index in [-0.39, 0.29) is 5.97 Å². The molecule has 2 heteroatoms. The Morgan fingerprint density at radius 3 is 2.80 bits per heavy atom. The topological polar surface area (TPSA) is 26.3 Å². The Morgan fingerprint density at radius 2 is 2.13 bits per heavy atom. The zero-order valence-electron chi connectivity index (χ0n) is 9.04. The molecule has 0 saturated carbocycles. The Labute approximate surface area is 91.0 Å². The van der Waals surface area contributed by atoms with Crippen LogP contribution in [-0.4, -0.2) is 13.1 Å². The number of methoxy groups -OCH3 is 1. The van der Waals surface area contributed by atoms with Gasteiger partial charge in [0.05, 0.1) is 7.11 Å². The van der Waals surface area contributed by atoms with E-state index in [2.05, 4.69) is 28.4 Å². The van der Waals surface area contributed by atoms with E-state index >= 15 is 0 Å². The molecule has 0 aliphatic carbocycles. The average Bonchev–Trinajstić information content (AvgIpc) is 2.26. The van der Waals surface area contributed by atoms with Crippen molar-refractivity contribution in [3.05, 3.63) is 24.3 Å². The number of hydrogen-bond donors (Lipinski definition) is 0. The summed E-state index contributed by atoms with van der Waals surface area (Å²) in [5.74, 6) is 10.6. The summed E-state index contributed by atoms with van der Waals surface area (Å²) in [6.07, 6.45) is 8.37. The first-order valence-corrected chi connectivity index (χ1v) is 4.62. The molecule has 0 amide bonds. The molecule has 0 aliphatic heterocycles. The van der Waals surface area contributed by atoms with Crippen LogP contribution in [0.2, 0.25) is 0 Å². The van der Waals surface area contributed by atoms with Crippen LogP contribution in [0.3, 0.4) is 0 Å². The van der Waals surface area contributed by atoms with Gasteiger partial charge in [-0.25, -0.2) is 4.79 Å². The van der Waals surface area contributed by atoms with Crippen molar-refractivity contribution in [2.45, 2.75) is 19.8 Å². The van der Waals surface area contributed by atoms with E-state index in [0.29, 0.717) is 0 Å². The molecule has 0 bridgehead atoms. The van der Waals surface area contributed by atoms with E-state index < -0.39 is 0 Å². The van der Waals surface area contributed by atoms with Gasteiger partial charge < -0.3 is 4.74 Å². The SMILES string of the molecule is CC#CC#CCC/C=C/C=C/C(=O)OC. The smallest absolute Gasteiger partial charge is 0.330 e. The lowest BCUT2D eigenvalue weighted by Crippen LogP contribution is -1.92. The predicted octanol–water partition coefficient (Wildman–Crippen LogP) is 2.08. The zero-order chi connectivity index (χ0) is 11.4. The molecule has 0 fully saturated rings. The molecule has 78 valence electrons. The summed E-state index contributed by atoms with van der Waals surface area (Å²) in [5.41, 5.74) is 0. The summed E-state index contributed by atoms with van der Waals surface area (Å²) in [5, 5.41) is 0. The normalized spacial score (nSPS) is 9.20. The van der Waals surface area contributed by atoms with Crippen molar-refractivity contribution in [3.8, 4) is 23.7 Å². The molecule has 0 rings (SSSR count). The number of esters is 1. The quantitative estimate of drug-likeness (QED) is 0.229. The van der Waals surface area contributed by atoms with Crippen molar-refractivity contribution in [1.82, 2.24) is 0 Å². The second-order valence-corrected chi connectivity index (χ2v) is 2.53. The fourth-order valence-corrected chi connectivity index (χ4v) is 0.702. The van der Waals surface area contributed by atoms with Crippen molar-refractivity contribution >= 4 is 5.97 Å². The molecule has 0 saturated heterocycles. The molecule has 0 atom stereocenters. The van der Waals surface area contributed by atoms with E-state index in [1.807, 2.05) is 6.08 Å². The Kier molecular flexibility index (Phi) is 8.85. The molecule has 15 heavy (non-hydrogen) atoms.